The van der Waals surface area contributed by atoms with Crippen LogP contribution in [0.3, 0.4) is 0 Å². The number of hydrogen-bond acceptors (Lipinski definition) is 2. The molecule has 0 bridgehead atoms. The van der Waals surface area contributed by atoms with E-state index >= 15 is 0 Å². The number of carbonyl (C=O) groups excluding carboxylic acids is 2. The highest BCUT2D eigenvalue weighted by atomic mass is 16.2. The van der Waals surface area contributed by atoms with Crippen LogP contribution in [0.1, 0.15) is 21.5 Å². The van der Waals surface area contributed by atoms with Crippen LogP contribution in [-0.4, -0.2) is 11.9 Å². The molecule has 2 aromatic carbocycles. The minimum atomic E-state index is -0.586. The molecule has 3 amide bonds. The highest BCUT2D eigenvalue weighted by Crippen LogP contribution is 2.17. The Hall–Kier alpha value is -2.82. The zero-order chi connectivity index (χ0) is 15.4. The molecule has 2 rings (SSSR count). The summed E-state index contributed by atoms with van der Waals surface area (Å²) in [7, 11) is 0. The third-order valence-corrected chi connectivity index (χ3v) is 3.21. The molecule has 0 aliphatic carbocycles. The van der Waals surface area contributed by atoms with Gasteiger partial charge in [-0.25, -0.2) is 4.79 Å². The van der Waals surface area contributed by atoms with Gasteiger partial charge in [0.2, 0.25) is 0 Å². The van der Waals surface area contributed by atoms with Crippen molar-refractivity contribution in [1.82, 2.24) is 0 Å². The van der Waals surface area contributed by atoms with Crippen LogP contribution in [-0.2, 0) is 0 Å². The first-order chi connectivity index (χ1) is 9.97. The number of anilines is 2. The van der Waals surface area contributed by atoms with Crippen molar-refractivity contribution in [1.29, 1.82) is 0 Å². The van der Waals surface area contributed by atoms with E-state index in [0.717, 1.165) is 11.1 Å². The first-order valence-electron chi connectivity index (χ1n) is 6.51. The van der Waals surface area contributed by atoms with Crippen molar-refractivity contribution in [2.75, 3.05) is 10.6 Å². The number of amides is 3. The van der Waals surface area contributed by atoms with Gasteiger partial charge in [0, 0.05) is 5.69 Å². The van der Waals surface area contributed by atoms with Gasteiger partial charge in [-0.2, -0.15) is 0 Å². The molecule has 0 aliphatic rings. The number of benzene rings is 2. The first kappa shape index (κ1) is 14.6. The molecule has 0 fully saturated rings. The molecule has 0 saturated heterocycles. The van der Waals surface area contributed by atoms with Crippen molar-refractivity contribution in [2.45, 2.75) is 13.8 Å². The number of carbonyl (C=O) groups is 2. The maximum atomic E-state index is 12.0. The molecule has 0 aliphatic heterocycles. The monoisotopic (exact) mass is 283 g/mol. The Morgan fingerprint density at radius 3 is 2.33 bits per heavy atom. The number of para-hydroxylation sites is 1. The summed E-state index contributed by atoms with van der Waals surface area (Å²) >= 11 is 0. The fourth-order valence-corrected chi connectivity index (χ4v) is 1.91. The van der Waals surface area contributed by atoms with E-state index in [1.165, 1.54) is 0 Å². The molecule has 0 atom stereocenters. The molecule has 5 heteroatoms. The molecule has 5 nitrogen and oxygen atoms in total. The minimum absolute atomic E-state index is 0.271. The lowest BCUT2D eigenvalue weighted by Gasteiger charge is -2.11. The van der Waals surface area contributed by atoms with Crippen molar-refractivity contribution in [3.8, 4) is 0 Å². The van der Waals surface area contributed by atoms with Crippen molar-refractivity contribution in [3.05, 3.63) is 59.2 Å². The second-order valence-electron chi connectivity index (χ2n) is 4.79. The van der Waals surface area contributed by atoms with Gasteiger partial charge in [-0.3, -0.25) is 4.79 Å². The number of rotatable bonds is 3. The molecule has 0 saturated carbocycles. The van der Waals surface area contributed by atoms with E-state index in [1.54, 1.807) is 24.3 Å². The number of primary amides is 1. The molecule has 4 N–H and O–H groups in total. The van der Waals surface area contributed by atoms with Crippen LogP contribution in [0.25, 0.3) is 0 Å². The fraction of sp³-hybridized carbons (Fsp3) is 0.125. The smallest absolute Gasteiger partial charge is 0.323 e. The largest absolute Gasteiger partial charge is 0.366 e. The third-order valence-electron chi connectivity index (χ3n) is 3.21. The van der Waals surface area contributed by atoms with Gasteiger partial charge < -0.3 is 16.4 Å². The van der Waals surface area contributed by atoms with Crippen LogP contribution >= 0.6 is 0 Å². The number of hydrogen-bond donors (Lipinski definition) is 3. The molecule has 21 heavy (non-hydrogen) atoms. The van der Waals surface area contributed by atoms with Gasteiger partial charge in [0.25, 0.3) is 5.91 Å². The van der Waals surface area contributed by atoms with E-state index in [0.29, 0.717) is 11.4 Å². The lowest BCUT2D eigenvalue weighted by atomic mass is 10.1. The highest BCUT2D eigenvalue weighted by Gasteiger charge is 2.10. The highest BCUT2D eigenvalue weighted by molar-refractivity contribution is 6.06. The summed E-state index contributed by atoms with van der Waals surface area (Å²) in [5, 5.41) is 5.35. The van der Waals surface area contributed by atoms with Crippen LogP contribution in [0.5, 0.6) is 0 Å². The Morgan fingerprint density at radius 1 is 0.952 bits per heavy atom. The molecular weight excluding hydrogens is 266 g/mol. The van der Waals surface area contributed by atoms with Crippen molar-refractivity contribution >= 4 is 23.3 Å². The molecule has 0 aromatic heterocycles. The summed E-state index contributed by atoms with van der Waals surface area (Å²) in [5.41, 5.74) is 8.85. The molecule has 2 aromatic rings. The van der Waals surface area contributed by atoms with Gasteiger partial charge in [0.1, 0.15) is 0 Å². The zero-order valence-electron chi connectivity index (χ0n) is 11.9. The van der Waals surface area contributed by atoms with E-state index in [9.17, 15) is 9.59 Å². The Balaban J connectivity index is 2.12. The SMILES string of the molecule is Cc1ccc(NC(=O)Nc2ccccc2C(N)=O)cc1C. The maximum absolute atomic E-state index is 12.0. The Bertz CT molecular complexity index is 696. The summed E-state index contributed by atoms with van der Waals surface area (Å²) in [6.45, 7) is 3.98. The van der Waals surface area contributed by atoms with E-state index in [2.05, 4.69) is 10.6 Å². The van der Waals surface area contributed by atoms with Crippen LogP contribution in [0, 0.1) is 13.8 Å². The standard InChI is InChI=1S/C16H17N3O2/c1-10-7-8-12(9-11(10)2)18-16(21)19-14-6-4-3-5-13(14)15(17)20/h3-9H,1-2H3,(H2,17,20)(H2,18,19,21). The topological polar surface area (TPSA) is 84.2 Å². The lowest BCUT2D eigenvalue weighted by Crippen LogP contribution is -2.22. The van der Waals surface area contributed by atoms with Crippen LogP contribution < -0.4 is 16.4 Å². The van der Waals surface area contributed by atoms with E-state index < -0.39 is 11.9 Å². The van der Waals surface area contributed by atoms with Gasteiger partial charge in [-0.1, -0.05) is 18.2 Å². The Labute approximate surface area is 123 Å². The zero-order valence-corrected chi connectivity index (χ0v) is 11.9. The third kappa shape index (κ3) is 3.60. The normalized spacial score (nSPS) is 10.0. The number of nitrogens with two attached hydrogens (primary N) is 1. The summed E-state index contributed by atoms with van der Waals surface area (Å²) in [5.74, 6) is -0.586. The maximum Gasteiger partial charge on any atom is 0.323 e. The van der Waals surface area contributed by atoms with Crippen LogP contribution in [0.4, 0.5) is 16.2 Å². The quantitative estimate of drug-likeness (QED) is 0.808. The first-order valence-corrected chi connectivity index (χ1v) is 6.51. The van der Waals surface area contributed by atoms with Crippen molar-refractivity contribution < 1.29 is 9.59 Å². The van der Waals surface area contributed by atoms with Gasteiger partial charge in [0.05, 0.1) is 11.3 Å². The fourth-order valence-electron chi connectivity index (χ4n) is 1.91. The molecule has 0 unspecified atom stereocenters. The average molecular weight is 283 g/mol. The summed E-state index contributed by atoms with van der Waals surface area (Å²) in [6, 6.07) is 11.8. The van der Waals surface area contributed by atoms with Gasteiger partial charge in [0.15, 0.2) is 0 Å². The predicted molar refractivity (Wildman–Crippen MR) is 83.5 cm³/mol. The molecule has 0 spiro atoms. The number of nitrogens with one attached hydrogen (secondary N) is 2. The molecular formula is C16H17N3O2. The summed E-state index contributed by atoms with van der Waals surface area (Å²) in [4.78, 5) is 23.3. The molecule has 0 heterocycles. The van der Waals surface area contributed by atoms with Crippen molar-refractivity contribution in [2.24, 2.45) is 5.73 Å². The average Bonchev–Trinajstić information content (AvgIpc) is 2.43. The minimum Gasteiger partial charge on any atom is -0.366 e. The second-order valence-corrected chi connectivity index (χ2v) is 4.79. The van der Waals surface area contributed by atoms with Crippen LogP contribution in [0.15, 0.2) is 42.5 Å². The van der Waals surface area contributed by atoms with Crippen LogP contribution in [0.2, 0.25) is 0 Å². The lowest BCUT2D eigenvalue weighted by molar-refractivity contribution is 0.100. The molecule has 108 valence electrons. The van der Waals surface area contributed by atoms with E-state index in [-0.39, 0.29) is 5.56 Å². The number of aryl methyl sites for hydroxylation is 2. The second kappa shape index (κ2) is 6.09. The van der Waals surface area contributed by atoms with E-state index in [1.807, 2.05) is 32.0 Å². The summed E-state index contributed by atoms with van der Waals surface area (Å²) in [6.07, 6.45) is 0. The molecule has 0 radical (unpaired) electrons. The van der Waals surface area contributed by atoms with Gasteiger partial charge in [-0.05, 0) is 49.2 Å². The summed E-state index contributed by atoms with van der Waals surface area (Å²) < 4.78 is 0. The Morgan fingerprint density at radius 2 is 1.67 bits per heavy atom. The van der Waals surface area contributed by atoms with Crippen molar-refractivity contribution in [3.63, 3.8) is 0 Å². The number of urea groups is 1. The predicted octanol–water partition coefficient (Wildman–Crippen LogP) is 3.05. The van der Waals surface area contributed by atoms with Gasteiger partial charge >= 0.3 is 6.03 Å². The van der Waals surface area contributed by atoms with Gasteiger partial charge in [-0.15, -0.1) is 0 Å². The van der Waals surface area contributed by atoms with E-state index in [4.69, 9.17) is 5.73 Å². The Kier molecular flexibility index (Phi) is 4.23.